The summed E-state index contributed by atoms with van der Waals surface area (Å²) < 4.78 is 0.573. The molecule has 1 N–H and O–H groups in total. The molecule has 0 aliphatic rings. The highest BCUT2D eigenvalue weighted by molar-refractivity contribution is 5.90. The maximum Gasteiger partial charge on any atom is 0.317 e. The molecule has 19 heavy (non-hydrogen) atoms. The number of nitrogens with one attached hydrogen (secondary N) is 1. The molecule has 0 spiro atoms. The zero-order valence-electron chi connectivity index (χ0n) is 10.8. The highest BCUT2D eigenvalue weighted by Gasteiger charge is 2.13. The molecule has 1 amide bonds. The predicted molar refractivity (Wildman–Crippen MR) is 72.6 cm³/mol. The summed E-state index contributed by atoms with van der Waals surface area (Å²) in [4.78, 5) is 11.8. The number of hydrogen-bond donors (Lipinski definition) is 1. The number of benzene rings is 1. The molecule has 0 aliphatic heterocycles. The van der Waals surface area contributed by atoms with Crippen molar-refractivity contribution in [2.75, 3.05) is 6.54 Å². The lowest BCUT2D eigenvalue weighted by atomic mass is 10.1. The highest BCUT2D eigenvalue weighted by atomic mass is 16.5. The second-order valence-corrected chi connectivity index (χ2v) is 4.34. The van der Waals surface area contributed by atoms with Crippen LogP contribution in [0.5, 0.6) is 0 Å². The first kappa shape index (κ1) is 13.1. The van der Waals surface area contributed by atoms with Gasteiger partial charge in [0.15, 0.2) is 6.20 Å². The van der Waals surface area contributed by atoms with E-state index in [2.05, 4.69) is 5.32 Å². The molecule has 4 nitrogen and oxygen atoms in total. The number of aryl methyl sites for hydroxylation is 1. The third-order valence-corrected chi connectivity index (χ3v) is 3.00. The maximum atomic E-state index is 11.8. The van der Waals surface area contributed by atoms with E-state index in [1.807, 2.05) is 31.2 Å². The van der Waals surface area contributed by atoms with E-state index in [0.29, 0.717) is 11.3 Å². The average Bonchev–Trinajstić information content (AvgIpc) is 2.41. The van der Waals surface area contributed by atoms with Gasteiger partial charge in [-0.15, -0.1) is 0 Å². The van der Waals surface area contributed by atoms with Gasteiger partial charge in [0.2, 0.25) is 0 Å². The lowest BCUT2D eigenvalue weighted by Crippen LogP contribution is -2.39. The molecule has 0 unspecified atom stereocenters. The Kier molecular flexibility index (Phi) is 4.13. The molecule has 4 heteroatoms. The minimum absolute atomic E-state index is 0.118. The van der Waals surface area contributed by atoms with Gasteiger partial charge in [0.05, 0.1) is 0 Å². The van der Waals surface area contributed by atoms with Gasteiger partial charge in [0.25, 0.3) is 5.69 Å². The Morgan fingerprint density at radius 2 is 1.95 bits per heavy atom. The van der Waals surface area contributed by atoms with Crippen LogP contribution in [0.25, 0.3) is 0 Å². The third kappa shape index (κ3) is 3.31. The van der Waals surface area contributed by atoms with E-state index in [9.17, 15) is 10.0 Å². The fourth-order valence-corrected chi connectivity index (χ4v) is 1.90. The van der Waals surface area contributed by atoms with E-state index in [1.54, 1.807) is 12.1 Å². The summed E-state index contributed by atoms with van der Waals surface area (Å²) in [5.74, 6) is -0.343. The maximum absolute atomic E-state index is 11.8. The Labute approximate surface area is 112 Å². The SMILES string of the molecule is Cc1ccccc1CCNC(=O)c1cccc[n+]1[O-]. The van der Waals surface area contributed by atoms with E-state index < -0.39 is 0 Å². The van der Waals surface area contributed by atoms with E-state index in [4.69, 9.17) is 0 Å². The normalized spacial score (nSPS) is 10.2. The lowest BCUT2D eigenvalue weighted by Gasteiger charge is -2.07. The molecule has 1 aromatic carbocycles. The number of nitrogens with zero attached hydrogens (tertiary/aromatic N) is 1. The van der Waals surface area contributed by atoms with Crippen LogP contribution < -0.4 is 10.0 Å². The number of amides is 1. The van der Waals surface area contributed by atoms with Crippen LogP contribution in [0.1, 0.15) is 21.6 Å². The first-order valence-corrected chi connectivity index (χ1v) is 6.19. The molecular formula is C15H16N2O2. The molecule has 0 fully saturated rings. The standard InChI is InChI=1S/C15H16N2O2/c1-12-6-2-3-7-13(12)9-10-16-15(18)14-8-4-5-11-17(14)19/h2-8,11H,9-10H2,1H3,(H,16,18). The Morgan fingerprint density at radius 1 is 1.21 bits per heavy atom. The first-order valence-electron chi connectivity index (χ1n) is 6.19. The van der Waals surface area contributed by atoms with Crippen molar-refractivity contribution >= 4 is 5.91 Å². The minimum atomic E-state index is -0.343. The topological polar surface area (TPSA) is 56.0 Å². The molecule has 0 saturated heterocycles. The van der Waals surface area contributed by atoms with Crippen LogP contribution in [0, 0.1) is 12.1 Å². The fraction of sp³-hybridized carbons (Fsp3) is 0.200. The number of carbonyl (C=O) groups excluding carboxylic acids is 1. The van der Waals surface area contributed by atoms with Gasteiger partial charge in [0, 0.05) is 18.7 Å². The zero-order chi connectivity index (χ0) is 13.7. The molecule has 1 heterocycles. The molecule has 0 saturated carbocycles. The molecule has 0 aliphatic carbocycles. The van der Waals surface area contributed by atoms with Gasteiger partial charge in [-0.05, 0) is 30.5 Å². The Balaban J connectivity index is 1.92. The molecule has 0 radical (unpaired) electrons. The van der Waals surface area contributed by atoms with Crippen LogP contribution in [0.4, 0.5) is 0 Å². The Morgan fingerprint density at radius 3 is 2.68 bits per heavy atom. The van der Waals surface area contributed by atoms with E-state index in [1.165, 1.54) is 23.4 Å². The number of aromatic nitrogens is 1. The fourth-order valence-electron chi connectivity index (χ4n) is 1.90. The Hall–Kier alpha value is -2.36. The van der Waals surface area contributed by atoms with Crippen molar-refractivity contribution in [1.82, 2.24) is 5.32 Å². The van der Waals surface area contributed by atoms with Gasteiger partial charge in [-0.2, -0.15) is 4.73 Å². The van der Waals surface area contributed by atoms with Gasteiger partial charge in [-0.25, -0.2) is 0 Å². The van der Waals surface area contributed by atoms with Gasteiger partial charge in [-0.1, -0.05) is 24.3 Å². The van der Waals surface area contributed by atoms with Gasteiger partial charge < -0.3 is 10.5 Å². The van der Waals surface area contributed by atoms with Crippen molar-refractivity contribution in [2.24, 2.45) is 0 Å². The second kappa shape index (κ2) is 6.00. The van der Waals surface area contributed by atoms with Gasteiger partial charge >= 0.3 is 5.91 Å². The summed E-state index contributed by atoms with van der Waals surface area (Å²) in [6.45, 7) is 2.55. The van der Waals surface area contributed by atoms with Crippen molar-refractivity contribution in [1.29, 1.82) is 0 Å². The lowest BCUT2D eigenvalue weighted by molar-refractivity contribution is -0.607. The number of rotatable bonds is 4. The zero-order valence-corrected chi connectivity index (χ0v) is 10.8. The van der Waals surface area contributed by atoms with Crippen molar-refractivity contribution < 1.29 is 9.52 Å². The van der Waals surface area contributed by atoms with Crippen LogP contribution in [-0.2, 0) is 6.42 Å². The number of hydrogen-bond acceptors (Lipinski definition) is 2. The first-order chi connectivity index (χ1) is 9.18. The predicted octanol–water partition coefficient (Wildman–Crippen LogP) is 1.60. The molecule has 2 rings (SSSR count). The molecular weight excluding hydrogens is 240 g/mol. The quantitative estimate of drug-likeness (QED) is 0.667. The molecule has 1 aromatic heterocycles. The van der Waals surface area contributed by atoms with Crippen molar-refractivity contribution in [2.45, 2.75) is 13.3 Å². The average molecular weight is 256 g/mol. The molecule has 2 aromatic rings. The third-order valence-electron chi connectivity index (χ3n) is 3.00. The van der Waals surface area contributed by atoms with Gasteiger partial charge in [0.1, 0.15) is 0 Å². The Bertz CT molecular complexity index is 582. The van der Waals surface area contributed by atoms with Crippen LogP contribution in [0.2, 0.25) is 0 Å². The van der Waals surface area contributed by atoms with E-state index in [0.717, 1.165) is 6.42 Å². The van der Waals surface area contributed by atoms with Crippen LogP contribution in [0.3, 0.4) is 0 Å². The molecule has 0 bridgehead atoms. The second-order valence-electron chi connectivity index (χ2n) is 4.34. The van der Waals surface area contributed by atoms with Crippen molar-refractivity contribution in [3.63, 3.8) is 0 Å². The molecule has 98 valence electrons. The summed E-state index contributed by atoms with van der Waals surface area (Å²) in [5.41, 5.74) is 2.52. The van der Waals surface area contributed by atoms with Gasteiger partial charge in [-0.3, -0.25) is 4.79 Å². The summed E-state index contributed by atoms with van der Waals surface area (Å²) in [6, 6.07) is 12.8. The van der Waals surface area contributed by atoms with Crippen LogP contribution >= 0.6 is 0 Å². The van der Waals surface area contributed by atoms with E-state index in [-0.39, 0.29) is 11.6 Å². The summed E-state index contributed by atoms with van der Waals surface area (Å²) >= 11 is 0. The molecule has 0 atom stereocenters. The van der Waals surface area contributed by atoms with E-state index >= 15 is 0 Å². The largest absolute Gasteiger partial charge is 0.618 e. The van der Waals surface area contributed by atoms with Crippen molar-refractivity contribution in [3.05, 3.63) is 70.7 Å². The van der Waals surface area contributed by atoms with Crippen molar-refractivity contribution in [3.8, 4) is 0 Å². The summed E-state index contributed by atoms with van der Waals surface area (Å²) in [5, 5.41) is 14.2. The summed E-state index contributed by atoms with van der Waals surface area (Å²) in [7, 11) is 0. The van der Waals surface area contributed by atoms with Crippen LogP contribution in [0.15, 0.2) is 48.7 Å². The summed E-state index contributed by atoms with van der Waals surface area (Å²) in [6.07, 6.45) is 2.07. The van der Waals surface area contributed by atoms with Crippen LogP contribution in [-0.4, -0.2) is 12.5 Å². The number of carbonyl (C=O) groups is 1. The monoisotopic (exact) mass is 256 g/mol. The minimum Gasteiger partial charge on any atom is -0.618 e. The number of pyridine rings is 1. The highest BCUT2D eigenvalue weighted by Crippen LogP contribution is 2.06. The smallest absolute Gasteiger partial charge is 0.317 e.